The van der Waals surface area contributed by atoms with Gasteiger partial charge in [0.2, 0.25) is 5.55 Å². The molecule has 0 radical (unpaired) electrons. The zero-order valence-electron chi connectivity index (χ0n) is 15.5. The number of fused-ring (bicyclic) bond motifs is 2. The molecule has 1 N–H and O–H groups in total. The van der Waals surface area contributed by atoms with Gasteiger partial charge < -0.3 is 4.42 Å². The van der Waals surface area contributed by atoms with Crippen molar-refractivity contribution in [1.29, 1.82) is 5.41 Å². The molecule has 146 valence electrons. The highest BCUT2D eigenvalue weighted by Crippen LogP contribution is 2.29. The molecule has 2 heterocycles. The highest BCUT2D eigenvalue weighted by molar-refractivity contribution is 7.99. The Balaban J connectivity index is 1.78. The largest absolute Gasteiger partial charge is 0.438 e. The summed E-state index contributed by atoms with van der Waals surface area (Å²) in [6.45, 7) is 0. The molecule has 0 aliphatic heterocycles. The normalized spacial score (nSPS) is 11.2. The molecule has 0 atom stereocenters. The van der Waals surface area contributed by atoms with Crippen LogP contribution in [0.4, 0.5) is 4.39 Å². The molecule has 5 aromatic rings. The molecule has 3 aromatic carbocycles. The zero-order valence-corrected chi connectivity index (χ0v) is 16.3. The van der Waals surface area contributed by atoms with Gasteiger partial charge in [-0.15, -0.1) is 0 Å². The van der Waals surface area contributed by atoms with Gasteiger partial charge in [-0.2, -0.15) is 0 Å². The van der Waals surface area contributed by atoms with Crippen molar-refractivity contribution in [2.24, 2.45) is 0 Å². The monoisotopic (exact) mass is 415 g/mol. The molecule has 7 heteroatoms. The van der Waals surface area contributed by atoms with Gasteiger partial charge in [0.25, 0.3) is 5.56 Å². The number of aromatic nitrogens is 2. The average Bonchev–Trinajstić information content (AvgIpc) is 2.75. The lowest BCUT2D eigenvalue weighted by Crippen LogP contribution is -2.23. The van der Waals surface area contributed by atoms with Crippen LogP contribution in [-0.4, -0.2) is 9.55 Å². The molecule has 2 aromatic heterocycles. The molecule has 0 saturated heterocycles. The maximum Gasteiger partial charge on any atom is 0.266 e. The molecular weight excluding hydrogens is 401 g/mol. The summed E-state index contributed by atoms with van der Waals surface area (Å²) in [6.07, 6.45) is 0. The first-order valence-corrected chi connectivity index (χ1v) is 9.95. The summed E-state index contributed by atoms with van der Waals surface area (Å²) in [7, 11) is 0. The van der Waals surface area contributed by atoms with Crippen LogP contribution in [0.1, 0.15) is 0 Å². The van der Waals surface area contributed by atoms with Crippen molar-refractivity contribution < 1.29 is 8.81 Å². The molecule has 0 bridgehead atoms. The smallest absolute Gasteiger partial charge is 0.266 e. The summed E-state index contributed by atoms with van der Waals surface area (Å²) < 4.78 is 21.5. The quantitative estimate of drug-likeness (QED) is 0.426. The van der Waals surface area contributed by atoms with Crippen molar-refractivity contribution in [2.45, 2.75) is 10.1 Å². The van der Waals surface area contributed by atoms with E-state index in [0.717, 1.165) is 17.1 Å². The third-order valence-corrected chi connectivity index (χ3v) is 5.66. The first kappa shape index (κ1) is 18.3. The summed E-state index contributed by atoms with van der Waals surface area (Å²) >= 11 is 1.09. The van der Waals surface area contributed by atoms with Crippen molar-refractivity contribution in [2.75, 3.05) is 0 Å². The Morgan fingerprint density at radius 2 is 1.70 bits per heavy atom. The van der Waals surface area contributed by atoms with E-state index in [0.29, 0.717) is 21.4 Å². The number of para-hydroxylation sites is 3. The minimum atomic E-state index is -0.534. The van der Waals surface area contributed by atoms with Crippen molar-refractivity contribution >= 4 is 33.6 Å². The summed E-state index contributed by atoms with van der Waals surface area (Å²) in [4.78, 5) is 18.3. The van der Waals surface area contributed by atoms with Gasteiger partial charge >= 0.3 is 0 Å². The van der Waals surface area contributed by atoms with Crippen LogP contribution in [0.2, 0.25) is 0 Å². The molecule has 0 fully saturated rings. The van der Waals surface area contributed by atoms with E-state index < -0.39 is 5.82 Å². The van der Waals surface area contributed by atoms with Gasteiger partial charge in [0, 0.05) is 5.39 Å². The van der Waals surface area contributed by atoms with Gasteiger partial charge in [0.05, 0.1) is 21.5 Å². The Morgan fingerprint density at radius 1 is 0.967 bits per heavy atom. The molecule has 5 rings (SSSR count). The highest BCUT2D eigenvalue weighted by Gasteiger charge is 2.17. The van der Waals surface area contributed by atoms with E-state index in [1.807, 2.05) is 18.2 Å². The fourth-order valence-corrected chi connectivity index (χ4v) is 4.19. The third-order valence-electron chi connectivity index (χ3n) is 4.68. The Bertz CT molecular complexity index is 1540. The summed E-state index contributed by atoms with van der Waals surface area (Å²) in [6, 6.07) is 22.2. The SMILES string of the molecule is N=c1oc2ccccc2cc1Sc1nc2ccccc2c(=O)n1-c1ccccc1F. The number of hydrogen-bond acceptors (Lipinski definition) is 5. The van der Waals surface area contributed by atoms with Crippen molar-refractivity contribution in [1.82, 2.24) is 9.55 Å². The van der Waals surface area contributed by atoms with E-state index in [1.54, 1.807) is 48.5 Å². The van der Waals surface area contributed by atoms with Crippen molar-refractivity contribution in [3.8, 4) is 5.69 Å². The number of nitrogens with zero attached hydrogens (tertiary/aromatic N) is 2. The van der Waals surface area contributed by atoms with Crippen LogP contribution in [0.3, 0.4) is 0 Å². The second kappa shape index (κ2) is 7.27. The summed E-state index contributed by atoms with van der Waals surface area (Å²) in [5.74, 6) is -0.534. The predicted octanol–water partition coefficient (Wildman–Crippen LogP) is 4.90. The molecule has 0 saturated carbocycles. The standard InChI is InChI=1S/C23H14FN3O2S/c24-16-9-3-5-11-18(16)27-22(28)15-8-2-4-10-17(15)26-23(27)30-20-13-14-7-1-6-12-19(14)29-21(20)25/h1-13,25H. The van der Waals surface area contributed by atoms with E-state index in [9.17, 15) is 9.18 Å². The molecule has 5 nitrogen and oxygen atoms in total. The van der Waals surface area contributed by atoms with E-state index in [4.69, 9.17) is 9.83 Å². The Morgan fingerprint density at radius 3 is 2.57 bits per heavy atom. The van der Waals surface area contributed by atoms with Crippen LogP contribution < -0.4 is 11.1 Å². The van der Waals surface area contributed by atoms with Crippen molar-refractivity contribution in [3.05, 3.63) is 101 Å². The number of hydrogen-bond donors (Lipinski definition) is 1. The fraction of sp³-hybridized carbons (Fsp3) is 0. The van der Waals surface area contributed by atoms with Gasteiger partial charge in [0.15, 0.2) is 5.16 Å². The van der Waals surface area contributed by atoms with Crippen LogP contribution >= 0.6 is 11.8 Å². The van der Waals surface area contributed by atoms with E-state index >= 15 is 0 Å². The second-order valence-corrected chi connectivity index (χ2v) is 7.59. The first-order valence-electron chi connectivity index (χ1n) is 9.14. The Labute approximate surface area is 173 Å². The van der Waals surface area contributed by atoms with Crippen LogP contribution in [0.15, 0.2) is 98.1 Å². The van der Waals surface area contributed by atoms with Crippen LogP contribution in [-0.2, 0) is 0 Å². The lowest BCUT2D eigenvalue weighted by atomic mass is 10.2. The topological polar surface area (TPSA) is 71.9 Å². The van der Waals surface area contributed by atoms with Crippen LogP contribution in [0.5, 0.6) is 0 Å². The molecule has 0 spiro atoms. The lowest BCUT2D eigenvalue weighted by Gasteiger charge is -2.14. The molecular formula is C23H14FN3O2S. The highest BCUT2D eigenvalue weighted by atomic mass is 32.2. The maximum atomic E-state index is 14.6. The van der Waals surface area contributed by atoms with E-state index in [1.165, 1.54) is 16.7 Å². The van der Waals surface area contributed by atoms with Gasteiger partial charge in [-0.25, -0.2) is 9.37 Å². The molecule has 0 aliphatic carbocycles. The average molecular weight is 415 g/mol. The van der Waals surface area contributed by atoms with Crippen molar-refractivity contribution in [3.63, 3.8) is 0 Å². The number of halogens is 1. The molecule has 0 aliphatic rings. The minimum Gasteiger partial charge on any atom is -0.438 e. The van der Waals surface area contributed by atoms with Gasteiger partial charge in [-0.3, -0.25) is 14.8 Å². The molecule has 30 heavy (non-hydrogen) atoms. The number of nitrogens with one attached hydrogen (secondary N) is 1. The summed E-state index contributed by atoms with van der Waals surface area (Å²) in [5, 5.41) is 9.72. The predicted molar refractivity (Wildman–Crippen MR) is 113 cm³/mol. The van der Waals surface area contributed by atoms with Crippen LogP contribution in [0, 0.1) is 11.2 Å². The Hall–Kier alpha value is -3.71. The van der Waals surface area contributed by atoms with Gasteiger partial charge in [-0.1, -0.05) is 42.5 Å². The number of rotatable bonds is 3. The van der Waals surface area contributed by atoms with Gasteiger partial charge in [-0.05, 0) is 48.2 Å². The summed E-state index contributed by atoms with van der Waals surface area (Å²) in [5.41, 5.74) is 0.762. The van der Waals surface area contributed by atoms with E-state index in [2.05, 4.69) is 4.98 Å². The minimum absolute atomic E-state index is 0.0545. The zero-order chi connectivity index (χ0) is 20.7. The second-order valence-electron chi connectivity index (χ2n) is 6.58. The van der Waals surface area contributed by atoms with Crippen LogP contribution in [0.25, 0.3) is 27.6 Å². The van der Waals surface area contributed by atoms with Gasteiger partial charge in [0.1, 0.15) is 11.4 Å². The molecule has 0 amide bonds. The third kappa shape index (κ3) is 3.09. The molecule has 0 unspecified atom stereocenters. The number of benzene rings is 3. The maximum absolute atomic E-state index is 14.6. The fourth-order valence-electron chi connectivity index (χ4n) is 3.26. The lowest BCUT2D eigenvalue weighted by molar-refractivity contribution is 0.514. The first-order chi connectivity index (χ1) is 14.6. The Kier molecular flexibility index (Phi) is 4.44. The van der Waals surface area contributed by atoms with E-state index in [-0.39, 0.29) is 22.0 Å².